The Bertz CT molecular complexity index is 591. The molecule has 1 heterocycles. The molecule has 120 valence electrons. The number of hydrogen-bond donors (Lipinski definition) is 1. The quantitative estimate of drug-likeness (QED) is 0.873. The van der Waals surface area contributed by atoms with Gasteiger partial charge in [-0.3, -0.25) is 5.01 Å². The van der Waals surface area contributed by atoms with Gasteiger partial charge in [-0.25, -0.2) is 0 Å². The van der Waals surface area contributed by atoms with E-state index in [0.717, 1.165) is 36.8 Å². The van der Waals surface area contributed by atoms with Gasteiger partial charge in [-0.15, -0.1) is 4.91 Å². The lowest BCUT2D eigenvalue weighted by Crippen LogP contribution is -2.49. The summed E-state index contributed by atoms with van der Waals surface area (Å²) in [6.45, 7) is 0.593. The molecule has 1 saturated heterocycles. The van der Waals surface area contributed by atoms with Gasteiger partial charge in [0.25, 0.3) is 0 Å². The molecule has 0 saturated carbocycles. The summed E-state index contributed by atoms with van der Waals surface area (Å²) < 4.78 is 0. The van der Waals surface area contributed by atoms with Crippen molar-refractivity contribution in [3.05, 3.63) is 76.7 Å². The van der Waals surface area contributed by atoms with Gasteiger partial charge in [-0.05, 0) is 24.0 Å². The molecule has 1 N–H and O–H groups in total. The van der Waals surface area contributed by atoms with E-state index in [1.165, 1.54) is 5.01 Å². The van der Waals surface area contributed by atoms with Crippen molar-refractivity contribution >= 4 is 0 Å². The van der Waals surface area contributed by atoms with Crippen molar-refractivity contribution in [2.45, 2.75) is 37.3 Å². The maximum atomic E-state index is 11.8. The van der Waals surface area contributed by atoms with Crippen molar-refractivity contribution in [3.63, 3.8) is 0 Å². The highest BCUT2D eigenvalue weighted by Crippen LogP contribution is 2.39. The van der Waals surface area contributed by atoms with E-state index in [2.05, 4.69) is 5.29 Å². The minimum absolute atomic E-state index is 0.354. The first-order valence-corrected chi connectivity index (χ1v) is 8.20. The first kappa shape index (κ1) is 15.7. The van der Waals surface area contributed by atoms with E-state index in [-0.39, 0.29) is 6.04 Å². The van der Waals surface area contributed by atoms with Crippen LogP contribution in [0.2, 0.25) is 0 Å². The Kier molecular flexibility index (Phi) is 4.72. The predicted molar refractivity (Wildman–Crippen MR) is 90.6 cm³/mol. The van der Waals surface area contributed by atoms with Crippen molar-refractivity contribution in [2.24, 2.45) is 5.29 Å². The lowest BCUT2D eigenvalue weighted by Gasteiger charge is -2.40. The van der Waals surface area contributed by atoms with Gasteiger partial charge in [0.2, 0.25) is 0 Å². The normalized spacial score (nSPS) is 19.2. The third-order valence-electron chi connectivity index (χ3n) is 4.74. The molecule has 0 amide bonds. The summed E-state index contributed by atoms with van der Waals surface area (Å²) in [5.74, 6) is 0. The largest absolute Gasteiger partial charge is 0.378 e. The van der Waals surface area contributed by atoms with Crippen LogP contribution in [0.15, 0.2) is 65.9 Å². The first-order chi connectivity index (χ1) is 11.3. The summed E-state index contributed by atoms with van der Waals surface area (Å²) in [5.41, 5.74) is 0.347. The Morgan fingerprint density at radius 2 is 1.48 bits per heavy atom. The molecular formula is C19H22N2O2. The predicted octanol–water partition coefficient (Wildman–Crippen LogP) is 3.85. The SMILES string of the molecule is O=NN1CCCCCC1C(O)(c1ccccc1)c1ccccc1. The van der Waals surface area contributed by atoms with E-state index in [1.807, 2.05) is 60.7 Å². The van der Waals surface area contributed by atoms with Gasteiger partial charge in [0.05, 0.1) is 11.3 Å². The van der Waals surface area contributed by atoms with Crippen molar-refractivity contribution in [2.75, 3.05) is 6.54 Å². The Labute approximate surface area is 136 Å². The molecule has 3 rings (SSSR count). The van der Waals surface area contributed by atoms with Crippen LogP contribution in [0.25, 0.3) is 0 Å². The molecule has 0 radical (unpaired) electrons. The van der Waals surface area contributed by atoms with Crippen LogP contribution in [0.5, 0.6) is 0 Å². The second-order valence-corrected chi connectivity index (χ2v) is 6.11. The highest BCUT2D eigenvalue weighted by Gasteiger charge is 2.44. The van der Waals surface area contributed by atoms with Crippen LogP contribution in [0.3, 0.4) is 0 Å². The van der Waals surface area contributed by atoms with Gasteiger partial charge in [0.1, 0.15) is 5.60 Å². The van der Waals surface area contributed by atoms with Crippen LogP contribution in [0.4, 0.5) is 0 Å². The number of benzene rings is 2. The van der Waals surface area contributed by atoms with Crippen LogP contribution in [-0.2, 0) is 5.60 Å². The fourth-order valence-electron chi connectivity index (χ4n) is 3.55. The number of rotatable bonds is 4. The summed E-state index contributed by atoms with van der Waals surface area (Å²) >= 11 is 0. The molecule has 0 aromatic heterocycles. The summed E-state index contributed by atoms with van der Waals surface area (Å²) in [6.07, 6.45) is 3.72. The third kappa shape index (κ3) is 2.99. The van der Waals surface area contributed by atoms with Gasteiger partial charge in [0.15, 0.2) is 0 Å². The fourth-order valence-corrected chi connectivity index (χ4v) is 3.55. The second-order valence-electron chi connectivity index (χ2n) is 6.11. The van der Waals surface area contributed by atoms with Crippen molar-refractivity contribution in [1.82, 2.24) is 5.01 Å². The topological polar surface area (TPSA) is 52.9 Å². The lowest BCUT2D eigenvalue weighted by atomic mass is 9.78. The number of hydrogen-bond acceptors (Lipinski definition) is 3. The van der Waals surface area contributed by atoms with E-state index < -0.39 is 5.60 Å². The third-order valence-corrected chi connectivity index (χ3v) is 4.74. The van der Waals surface area contributed by atoms with Crippen LogP contribution < -0.4 is 0 Å². The standard InChI is InChI=1S/C19H22N2O2/c22-19(16-10-4-1-5-11-16,17-12-6-2-7-13-17)18-14-8-3-9-15-21(18)20-23/h1-2,4-7,10-13,18,22H,3,8-9,14-15H2. The molecule has 2 aromatic rings. The number of aliphatic hydroxyl groups is 1. The zero-order chi connectivity index (χ0) is 16.1. The van der Waals surface area contributed by atoms with Gasteiger partial charge >= 0.3 is 0 Å². The number of nitroso groups, excluding NO2 is 1. The molecule has 2 aromatic carbocycles. The van der Waals surface area contributed by atoms with Crippen LogP contribution in [0, 0.1) is 4.91 Å². The molecule has 23 heavy (non-hydrogen) atoms. The second kappa shape index (κ2) is 6.92. The van der Waals surface area contributed by atoms with Crippen LogP contribution in [-0.4, -0.2) is 22.7 Å². The average Bonchev–Trinajstić information content (AvgIpc) is 2.88. The molecule has 1 fully saturated rings. The average molecular weight is 310 g/mol. The molecule has 0 bridgehead atoms. The van der Waals surface area contributed by atoms with E-state index in [9.17, 15) is 10.0 Å². The summed E-state index contributed by atoms with van der Waals surface area (Å²) in [6, 6.07) is 18.8. The van der Waals surface area contributed by atoms with Crippen molar-refractivity contribution in [3.8, 4) is 0 Å². The van der Waals surface area contributed by atoms with E-state index in [4.69, 9.17) is 0 Å². The minimum atomic E-state index is -1.25. The van der Waals surface area contributed by atoms with Gasteiger partial charge in [-0.2, -0.15) is 0 Å². The fraction of sp³-hybridized carbons (Fsp3) is 0.368. The maximum absolute atomic E-state index is 11.8. The Morgan fingerprint density at radius 3 is 2.00 bits per heavy atom. The smallest absolute Gasteiger partial charge is 0.137 e. The molecule has 1 unspecified atom stereocenters. The zero-order valence-electron chi connectivity index (χ0n) is 13.1. The Hall–Kier alpha value is -2.20. The minimum Gasteiger partial charge on any atom is -0.378 e. The van der Waals surface area contributed by atoms with Crippen LogP contribution in [0.1, 0.15) is 36.8 Å². The highest BCUT2D eigenvalue weighted by atomic mass is 16.3. The zero-order valence-corrected chi connectivity index (χ0v) is 13.1. The maximum Gasteiger partial charge on any atom is 0.137 e. The highest BCUT2D eigenvalue weighted by molar-refractivity contribution is 5.38. The van der Waals surface area contributed by atoms with E-state index >= 15 is 0 Å². The summed E-state index contributed by atoms with van der Waals surface area (Å²) in [4.78, 5) is 11.4. The van der Waals surface area contributed by atoms with E-state index in [1.54, 1.807) is 0 Å². The monoisotopic (exact) mass is 310 g/mol. The van der Waals surface area contributed by atoms with Gasteiger partial charge in [-0.1, -0.05) is 73.5 Å². The summed E-state index contributed by atoms with van der Waals surface area (Å²) in [7, 11) is 0. The number of nitrogens with zero attached hydrogens (tertiary/aromatic N) is 2. The molecule has 4 nitrogen and oxygen atoms in total. The van der Waals surface area contributed by atoms with Crippen molar-refractivity contribution in [1.29, 1.82) is 0 Å². The van der Waals surface area contributed by atoms with E-state index in [0.29, 0.717) is 6.54 Å². The van der Waals surface area contributed by atoms with Crippen molar-refractivity contribution < 1.29 is 5.11 Å². The molecular weight excluding hydrogens is 288 g/mol. The Morgan fingerprint density at radius 1 is 0.913 bits per heavy atom. The lowest BCUT2D eigenvalue weighted by molar-refractivity contribution is -0.0217. The molecule has 1 aliphatic rings. The molecule has 4 heteroatoms. The van der Waals surface area contributed by atoms with Crippen LogP contribution >= 0.6 is 0 Å². The first-order valence-electron chi connectivity index (χ1n) is 8.20. The Balaban J connectivity index is 2.13. The molecule has 1 aliphatic heterocycles. The molecule has 1 atom stereocenters. The van der Waals surface area contributed by atoms with Gasteiger partial charge < -0.3 is 5.11 Å². The van der Waals surface area contributed by atoms with Gasteiger partial charge in [0, 0.05) is 6.54 Å². The molecule has 0 aliphatic carbocycles. The summed E-state index contributed by atoms with van der Waals surface area (Å²) in [5, 5.41) is 16.5. The molecule has 0 spiro atoms.